The lowest BCUT2D eigenvalue weighted by molar-refractivity contribution is -0.114. The van der Waals surface area contributed by atoms with Crippen LogP contribution in [0.15, 0.2) is 120 Å². The summed E-state index contributed by atoms with van der Waals surface area (Å²) in [7, 11) is 0. The van der Waals surface area contributed by atoms with Gasteiger partial charge < -0.3 is 15.8 Å². The normalized spacial score (nSPS) is 13.7. The van der Waals surface area contributed by atoms with Crippen LogP contribution in [0.2, 0.25) is 0 Å². The van der Waals surface area contributed by atoms with Gasteiger partial charge >= 0.3 is 0 Å². The minimum atomic E-state index is -0.640. The Morgan fingerprint density at radius 1 is 0.902 bits per heavy atom. The van der Waals surface area contributed by atoms with Crippen molar-refractivity contribution in [2.24, 2.45) is 10.7 Å². The minimum Gasteiger partial charge on any atom is -0.489 e. The maximum Gasteiger partial charge on any atom is 0.283 e. The molecular formula is C32H26N4O4S. The van der Waals surface area contributed by atoms with Gasteiger partial charge in [0.25, 0.3) is 11.8 Å². The summed E-state index contributed by atoms with van der Waals surface area (Å²) in [6.07, 6.45) is 1.70. The summed E-state index contributed by atoms with van der Waals surface area (Å²) in [6, 6.07) is 32.9. The molecule has 204 valence electrons. The van der Waals surface area contributed by atoms with Crippen LogP contribution in [0.4, 0.5) is 11.4 Å². The molecule has 0 saturated heterocycles. The number of para-hydroxylation sites is 2. The van der Waals surface area contributed by atoms with Crippen LogP contribution in [0, 0.1) is 0 Å². The SMILES string of the molecule is NC(=O)c1ccccc1NC(=O)CSC1=N/C(=C\c2cccc(OCc3ccccc3)c2)C(=O)N1c1ccccc1. The first-order valence-corrected chi connectivity index (χ1v) is 13.7. The van der Waals surface area contributed by atoms with Gasteiger partial charge in [0.2, 0.25) is 5.91 Å². The zero-order chi connectivity index (χ0) is 28.6. The Kier molecular flexibility index (Phi) is 8.56. The Balaban J connectivity index is 1.34. The van der Waals surface area contributed by atoms with Gasteiger partial charge in [0.1, 0.15) is 18.1 Å². The van der Waals surface area contributed by atoms with Crippen molar-refractivity contribution in [3.05, 3.63) is 132 Å². The van der Waals surface area contributed by atoms with E-state index < -0.39 is 5.91 Å². The van der Waals surface area contributed by atoms with Crippen molar-refractivity contribution in [2.75, 3.05) is 16.0 Å². The molecule has 4 aromatic carbocycles. The van der Waals surface area contributed by atoms with E-state index in [4.69, 9.17) is 10.5 Å². The highest BCUT2D eigenvalue weighted by Crippen LogP contribution is 2.30. The second-order valence-corrected chi connectivity index (χ2v) is 9.94. The maximum absolute atomic E-state index is 13.5. The number of primary amides is 1. The van der Waals surface area contributed by atoms with E-state index in [-0.39, 0.29) is 28.8 Å². The maximum atomic E-state index is 13.5. The molecule has 1 heterocycles. The topological polar surface area (TPSA) is 114 Å². The Bertz CT molecular complexity index is 1640. The number of benzene rings is 4. The number of rotatable bonds is 9. The molecule has 3 amide bonds. The number of nitrogens with two attached hydrogens (primary N) is 1. The van der Waals surface area contributed by atoms with E-state index in [9.17, 15) is 14.4 Å². The number of ether oxygens (including phenoxy) is 1. The van der Waals surface area contributed by atoms with Crippen LogP contribution in [0.25, 0.3) is 6.08 Å². The Morgan fingerprint density at radius 2 is 1.61 bits per heavy atom. The number of nitrogens with zero attached hydrogens (tertiary/aromatic N) is 2. The van der Waals surface area contributed by atoms with Crippen LogP contribution in [0.3, 0.4) is 0 Å². The molecule has 0 aliphatic carbocycles. The first-order valence-electron chi connectivity index (χ1n) is 12.8. The van der Waals surface area contributed by atoms with Crippen molar-refractivity contribution < 1.29 is 19.1 Å². The average molecular weight is 563 g/mol. The summed E-state index contributed by atoms with van der Waals surface area (Å²) in [5.41, 5.74) is 8.62. The lowest BCUT2D eigenvalue weighted by Crippen LogP contribution is -2.31. The van der Waals surface area contributed by atoms with E-state index >= 15 is 0 Å². The molecule has 4 aromatic rings. The number of hydrogen-bond donors (Lipinski definition) is 2. The number of amidine groups is 1. The van der Waals surface area contributed by atoms with Gasteiger partial charge in [-0.25, -0.2) is 4.99 Å². The van der Waals surface area contributed by atoms with Crippen LogP contribution < -0.4 is 20.7 Å². The molecule has 0 aromatic heterocycles. The van der Waals surface area contributed by atoms with E-state index in [0.717, 1.165) is 22.9 Å². The molecule has 0 bridgehead atoms. The smallest absolute Gasteiger partial charge is 0.283 e. The predicted molar refractivity (Wildman–Crippen MR) is 163 cm³/mol. The van der Waals surface area contributed by atoms with Crippen LogP contribution in [0.5, 0.6) is 5.75 Å². The van der Waals surface area contributed by atoms with Gasteiger partial charge in [-0.15, -0.1) is 0 Å². The highest BCUT2D eigenvalue weighted by Gasteiger charge is 2.32. The number of nitrogens with one attached hydrogen (secondary N) is 1. The number of aliphatic imine (C=N–C) groups is 1. The second kappa shape index (κ2) is 12.8. The minimum absolute atomic E-state index is 0.0430. The quantitative estimate of drug-likeness (QED) is 0.262. The van der Waals surface area contributed by atoms with E-state index in [1.165, 1.54) is 4.90 Å². The van der Waals surface area contributed by atoms with Gasteiger partial charge in [-0.1, -0.05) is 84.6 Å². The lowest BCUT2D eigenvalue weighted by atomic mass is 10.1. The molecule has 0 fully saturated rings. The fourth-order valence-corrected chi connectivity index (χ4v) is 4.93. The Hall–Kier alpha value is -5.15. The van der Waals surface area contributed by atoms with E-state index in [0.29, 0.717) is 28.9 Å². The summed E-state index contributed by atoms with van der Waals surface area (Å²) in [5.74, 6) is -0.696. The van der Waals surface area contributed by atoms with Gasteiger partial charge in [0.05, 0.1) is 22.7 Å². The third kappa shape index (κ3) is 6.90. The molecule has 0 unspecified atom stereocenters. The molecule has 0 spiro atoms. The Morgan fingerprint density at radius 3 is 2.37 bits per heavy atom. The van der Waals surface area contributed by atoms with Crippen molar-refractivity contribution in [3.8, 4) is 5.75 Å². The summed E-state index contributed by atoms with van der Waals surface area (Å²) in [4.78, 5) is 44.1. The van der Waals surface area contributed by atoms with Crippen LogP contribution >= 0.6 is 11.8 Å². The molecular weight excluding hydrogens is 536 g/mol. The third-order valence-corrected chi connectivity index (χ3v) is 6.99. The van der Waals surface area contributed by atoms with Gasteiger partial charge in [-0.3, -0.25) is 19.3 Å². The number of thioether (sulfide) groups is 1. The average Bonchev–Trinajstić information content (AvgIpc) is 3.30. The van der Waals surface area contributed by atoms with Crippen molar-refractivity contribution >= 4 is 52.1 Å². The third-order valence-electron chi connectivity index (χ3n) is 6.05. The molecule has 0 atom stereocenters. The number of amides is 3. The largest absolute Gasteiger partial charge is 0.489 e. The van der Waals surface area contributed by atoms with E-state index in [2.05, 4.69) is 10.3 Å². The highest BCUT2D eigenvalue weighted by atomic mass is 32.2. The number of carbonyl (C=O) groups is 3. The molecule has 9 heteroatoms. The molecule has 1 aliphatic rings. The lowest BCUT2D eigenvalue weighted by Gasteiger charge is -2.17. The Labute approximate surface area is 241 Å². The van der Waals surface area contributed by atoms with Crippen LogP contribution in [0.1, 0.15) is 21.5 Å². The fraction of sp³-hybridized carbons (Fsp3) is 0.0625. The summed E-state index contributed by atoms with van der Waals surface area (Å²) < 4.78 is 5.93. The molecule has 1 aliphatic heterocycles. The molecule has 5 rings (SSSR count). The number of anilines is 2. The summed E-state index contributed by atoms with van der Waals surface area (Å²) in [6.45, 7) is 0.423. The molecule has 0 saturated carbocycles. The van der Waals surface area contributed by atoms with E-state index in [1.54, 1.807) is 42.5 Å². The monoisotopic (exact) mass is 562 g/mol. The number of hydrogen-bond acceptors (Lipinski definition) is 6. The zero-order valence-electron chi connectivity index (χ0n) is 21.9. The summed E-state index contributed by atoms with van der Waals surface area (Å²) in [5, 5.41) is 3.08. The standard InChI is InChI=1S/C32H26N4O4S/c33-30(38)26-16-7-8-17-27(26)34-29(37)21-41-32-35-28(31(39)36(32)24-13-5-2-6-14-24)19-23-12-9-15-25(18-23)40-20-22-10-3-1-4-11-22/h1-19H,20-21H2,(H2,33,38)(H,34,37)/b28-19-. The predicted octanol–water partition coefficient (Wildman–Crippen LogP) is 5.48. The van der Waals surface area contributed by atoms with Crippen molar-refractivity contribution in [1.82, 2.24) is 0 Å². The zero-order valence-corrected chi connectivity index (χ0v) is 22.7. The molecule has 41 heavy (non-hydrogen) atoms. The fourth-order valence-electron chi connectivity index (χ4n) is 4.11. The van der Waals surface area contributed by atoms with E-state index in [1.807, 2.05) is 72.8 Å². The van der Waals surface area contributed by atoms with Gasteiger partial charge in [-0.2, -0.15) is 0 Å². The van der Waals surface area contributed by atoms with Crippen LogP contribution in [-0.4, -0.2) is 28.6 Å². The van der Waals surface area contributed by atoms with Crippen molar-refractivity contribution in [1.29, 1.82) is 0 Å². The summed E-state index contributed by atoms with van der Waals surface area (Å²) >= 11 is 1.12. The molecule has 0 radical (unpaired) electrons. The second-order valence-electron chi connectivity index (χ2n) is 8.99. The van der Waals surface area contributed by atoms with Gasteiger partial charge in [0.15, 0.2) is 5.17 Å². The molecule has 8 nitrogen and oxygen atoms in total. The van der Waals surface area contributed by atoms with Crippen molar-refractivity contribution in [3.63, 3.8) is 0 Å². The van der Waals surface area contributed by atoms with Crippen molar-refractivity contribution in [2.45, 2.75) is 6.61 Å². The highest BCUT2D eigenvalue weighted by molar-refractivity contribution is 8.14. The van der Waals surface area contributed by atoms with Crippen LogP contribution in [-0.2, 0) is 16.2 Å². The first-order chi connectivity index (χ1) is 20.0. The van der Waals surface area contributed by atoms with Gasteiger partial charge in [-0.05, 0) is 53.6 Å². The van der Waals surface area contributed by atoms with Gasteiger partial charge in [0, 0.05) is 0 Å². The number of carbonyl (C=O) groups excluding carboxylic acids is 3. The first kappa shape index (κ1) is 27.4. The molecule has 3 N–H and O–H groups in total.